The Balaban J connectivity index is 2.02. The predicted molar refractivity (Wildman–Crippen MR) is 149 cm³/mol. The van der Waals surface area contributed by atoms with Gasteiger partial charge in [-0.1, -0.05) is 96.1 Å². The molecule has 38 heavy (non-hydrogen) atoms. The molecule has 1 aliphatic rings. The molecule has 1 aromatic carbocycles. The molecule has 212 valence electrons. The topological polar surface area (TPSA) is 117 Å². The fraction of sp³-hybridized carbons (Fsp3) is 0.667. The van der Waals surface area contributed by atoms with Crippen molar-refractivity contribution in [2.45, 2.75) is 117 Å². The number of nitrogens with zero attached hydrogens (tertiary/aromatic N) is 2. The van der Waals surface area contributed by atoms with Crippen molar-refractivity contribution >= 4 is 23.8 Å². The van der Waals surface area contributed by atoms with Crippen molar-refractivity contribution in [1.82, 2.24) is 4.90 Å². The molecule has 0 bridgehead atoms. The molecular formula is C30H46N2O6. The van der Waals surface area contributed by atoms with E-state index >= 15 is 0 Å². The summed E-state index contributed by atoms with van der Waals surface area (Å²) in [7, 11) is 0. The number of aryl methyl sites for hydroxylation is 1. The maximum atomic E-state index is 12.6. The Bertz CT molecular complexity index is 945. The first kappa shape index (κ1) is 31.3. The Morgan fingerprint density at radius 3 is 1.95 bits per heavy atom. The quantitative estimate of drug-likeness (QED) is 0.186. The number of rotatable bonds is 18. The van der Waals surface area contributed by atoms with Gasteiger partial charge < -0.3 is 14.9 Å². The molecule has 0 aromatic heterocycles. The first-order chi connectivity index (χ1) is 18.3. The number of imide groups is 1. The van der Waals surface area contributed by atoms with Gasteiger partial charge in [0.2, 0.25) is 0 Å². The van der Waals surface area contributed by atoms with Crippen LogP contribution in [0.5, 0.6) is 5.75 Å². The second-order valence-corrected chi connectivity index (χ2v) is 10.2. The van der Waals surface area contributed by atoms with Gasteiger partial charge in [-0.2, -0.15) is 0 Å². The molecule has 2 N–H and O–H groups in total. The highest BCUT2D eigenvalue weighted by Crippen LogP contribution is 2.41. The second-order valence-electron chi connectivity index (χ2n) is 10.2. The molecule has 8 nitrogen and oxygen atoms in total. The standard InChI is InChI=1S/C30H46N2O6/c1-4-6-7-8-9-10-11-12-13-14-15-16-17-19-23-20-18-21-24(38-5-2)26(23)27-25(28(33)34)22(3)31-29(35)32(27)30(36)37/h18,20-21,25,27H,4-17,19H2,1-3H3,(H,33,34)(H,36,37). The number of hydrogen-bond donors (Lipinski definition) is 2. The van der Waals surface area contributed by atoms with Gasteiger partial charge in [0, 0.05) is 11.3 Å². The smallest absolute Gasteiger partial charge is 0.416 e. The third-order valence-corrected chi connectivity index (χ3v) is 7.30. The Morgan fingerprint density at radius 2 is 1.45 bits per heavy atom. The molecular weight excluding hydrogens is 484 g/mol. The molecule has 2 atom stereocenters. The summed E-state index contributed by atoms with van der Waals surface area (Å²) < 4.78 is 5.81. The molecule has 1 aromatic rings. The molecule has 0 aliphatic carbocycles. The molecule has 0 radical (unpaired) electrons. The maximum absolute atomic E-state index is 12.6. The minimum Gasteiger partial charge on any atom is -0.494 e. The first-order valence-corrected chi connectivity index (χ1v) is 14.4. The lowest BCUT2D eigenvalue weighted by Crippen LogP contribution is -2.49. The zero-order valence-corrected chi connectivity index (χ0v) is 23.4. The Labute approximate surface area is 227 Å². The molecule has 0 spiro atoms. The van der Waals surface area contributed by atoms with Crippen LogP contribution in [0.4, 0.5) is 9.59 Å². The monoisotopic (exact) mass is 530 g/mol. The average Bonchev–Trinajstić information content (AvgIpc) is 2.86. The van der Waals surface area contributed by atoms with Crippen LogP contribution in [0.25, 0.3) is 0 Å². The highest BCUT2D eigenvalue weighted by atomic mass is 16.5. The number of carboxylic acid groups (broad SMARTS) is 2. The van der Waals surface area contributed by atoms with E-state index in [1.807, 2.05) is 19.1 Å². The van der Waals surface area contributed by atoms with E-state index in [-0.39, 0.29) is 5.71 Å². The highest BCUT2D eigenvalue weighted by molar-refractivity contribution is 6.10. The van der Waals surface area contributed by atoms with Gasteiger partial charge >= 0.3 is 18.1 Å². The Hall–Kier alpha value is -2.90. The van der Waals surface area contributed by atoms with E-state index in [1.54, 1.807) is 6.07 Å². The highest BCUT2D eigenvalue weighted by Gasteiger charge is 2.47. The number of ether oxygens (including phenoxy) is 1. The molecule has 0 fully saturated rings. The third-order valence-electron chi connectivity index (χ3n) is 7.30. The van der Waals surface area contributed by atoms with Crippen molar-refractivity contribution in [2.75, 3.05) is 6.61 Å². The molecule has 8 heteroatoms. The van der Waals surface area contributed by atoms with Crippen LogP contribution in [0.1, 0.15) is 121 Å². The summed E-state index contributed by atoms with van der Waals surface area (Å²) in [6.07, 6.45) is 15.3. The van der Waals surface area contributed by atoms with Crippen molar-refractivity contribution in [3.8, 4) is 5.75 Å². The SMILES string of the molecule is CCCCCCCCCCCCCCCc1cccc(OCC)c1C1C(C(=O)O)C(C)=NC(=O)N1C(=O)O. The van der Waals surface area contributed by atoms with Gasteiger partial charge in [0.25, 0.3) is 0 Å². The second kappa shape index (κ2) is 16.8. The first-order valence-electron chi connectivity index (χ1n) is 14.4. The van der Waals surface area contributed by atoms with E-state index in [0.717, 1.165) is 24.8 Å². The summed E-state index contributed by atoms with van der Waals surface area (Å²) in [6, 6.07) is 3.20. The number of benzene rings is 1. The lowest BCUT2D eigenvalue weighted by molar-refractivity contribution is -0.141. The van der Waals surface area contributed by atoms with Gasteiger partial charge in [0.1, 0.15) is 11.7 Å². The van der Waals surface area contributed by atoms with Gasteiger partial charge in [-0.05, 0) is 38.3 Å². The van der Waals surface area contributed by atoms with Crippen LogP contribution < -0.4 is 4.74 Å². The van der Waals surface area contributed by atoms with Gasteiger partial charge in [-0.15, -0.1) is 0 Å². The zero-order chi connectivity index (χ0) is 27.9. The predicted octanol–water partition coefficient (Wildman–Crippen LogP) is 8.04. The summed E-state index contributed by atoms with van der Waals surface area (Å²) in [5.74, 6) is -2.10. The Morgan fingerprint density at radius 1 is 0.895 bits per heavy atom. The lowest BCUT2D eigenvalue weighted by atomic mass is 9.83. The number of aliphatic carboxylic acids is 1. The number of urea groups is 1. The van der Waals surface area contributed by atoms with Crippen molar-refractivity contribution in [2.24, 2.45) is 10.9 Å². The molecule has 2 rings (SSSR count). The van der Waals surface area contributed by atoms with E-state index in [2.05, 4.69) is 11.9 Å². The van der Waals surface area contributed by atoms with Gasteiger partial charge in [0.05, 0.1) is 12.6 Å². The van der Waals surface area contributed by atoms with E-state index in [1.165, 1.54) is 71.1 Å². The Kier molecular flexibility index (Phi) is 13.9. The number of carboxylic acids is 1. The molecule has 0 saturated heterocycles. The third kappa shape index (κ3) is 9.14. The normalized spacial score (nSPS) is 17.4. The van der Waals surface area contributed by atoms with Crippen LogP contribution in [0.3, 0.4) is 0 Å². The van der Waals surface area contributed by atoms with E-state index in [9.17, 15) is 24.6 Å². The van der Waals surface area contributed by atoms with Gasteiger partial charge in [-0.3, -0.25) is 4.79 Å². The van der Waals surface area contributed by atoms with Crippen LogP contribution in [0, 0.1) is 5.92 Å². The lowest BCUT2D eigenvalue weighted by Gasteiger charge is -2.36. The minimum absolute atomic E-state index is 0.0863. The summed E-state index contributed by atoms with van der Waals surface area (Å²) in [5, 5.41) is 19.8. The number of carbonyl (C=O) groups is 3. The molecule has 1 aliphatic heterocycles. The zero-order valence-electron chi connectivity index (χ0n) is 23.4. The summed E-state index contributed by atoms with van der Waals surface area (Å²) >= 11 is 0. The fourth-order valence-corrected chi connectivity index (χ4v) is 5.34. The number of amides is 3. The fourth-order valence-electron chi connectivity index (χ4n) is 5.34. The van der Waals surface area contributed by atoms with Crippen LogP contribution in [-0.2, 0) is 11.2 Å². The number of hydrogen-bond acceptors (Lipinski definition) is 4. The largest absolute Gasteiger partial charge is 0.494 e. The van der Waals surface area contributed by atoms with Gasteiger partial charge in [-0.25, -0.2) is 19.5 Å². The van der Waals surface area contributed by atoms with Crippen molar-refractivity contribution in [1.29, 1.82) is 0 Å². The van der Waals surface area contributed by atoms with Gasteiger partial charge in [0.15, 0.2) is 0 Å². The van der Waals surface area contributed by atoms with Crippen LogP contribution in [-0.4, -0.2) is 45.5 Å². The molecule has 0 saturated carbocycles. The number of unbranched alkanes of at least 4 members (excludes halogenated alkanes) is 12. The molecule has 1 heterocycles. The van der Waals surface area contributed by atoms with Crippen LogP contribution in [0.2, 0.25) is 0 Å². The number of carbonyl (C=O) groups excluding carboxylic acids is 1. The molecule has 2 unspecified atom stereocenters. The van der Waals surface area contributed by atoms with Crippen molar-refractivity contribution in [3.63, 3.8) is 0 Å². The van der Waals surface area contributed by atoms with E-state index < -0.39 is 30.1 Å². The van der Waals surface area contributed by atoms with E-state index in [0.29, 0.717) is 29.2 Å². The van der Waals surface area contributed by atoms with Crippen LogP contribution in [0.15, 0.2) is 23.2 Å². The van der Waals surface area contributed by atoms with Crippen LogP contribution >= 0.6 is 0 Å². The summed E-state index contributed by atoms with van der Waals surface area (Å²) in [6.45, 7) is 5.84. The average molecular weight is 531 g/mol. The van der Waals surface area contributed by atoms with E-state index in [4.69, 9.17) is 4.74 Å². The maximum Gasteiger partial charge on any atom is 0.416 e. The van der Waals surface area contributed by atoms with Crippen molar-refractivity contribution < 1.29 is 29.3 Å². The minimum atomic E-state index is -1.53. The molecule has 3 amide bonds. The summed E-state index contributed by atoms with van der Waals surface area (Å²) in [5.41, 5.74) is 1.35. The number of aliphatic imine (C=N–C) groups is 1. The van der Waals surface area contributed by atoms with Crippen molar-refractivity contribution in [3.05, 3.63) is 29.3 Å². The summed E-state index contributed by atoms with van der Waals surface area (Å²) in [4.78, 5) is 41.2.